The zero-order chi connectivity index (χ0) is 4.99. The average molecular weight is 93.1 g/mol. The van der Waals surface area contributed by atoms with Crippen LogP contribution in [0.15, 0.2) is 0 Å². The van der Waals surface area contributed by atoms with Crippen LogP contribution in [-0.2, 0) is 0 Å². The minimum atomic E-state index is -1.23. The van der Waals surface area contributed by atoms with Gasteiger partial charge in [0, 0.05) is 6.54 Å². The van der Waals surface area contributed by atoms with E-state index in [1.54, 1.807) is 0 Å². The second-order valence-corrected chi connectivity index (χ2v) is 1.02. The molecule has 0 radical (unpaired) electrons. The molecule has 38 valence electrons. The van der Waals surface area contributed by atoms with Crippen molar-refractivity contribution >= 4 is 0 Å². The van der Waals surface area contributed by atoms with Gasteiger partial charge in [-0.15, -0.1) is 0 Å². The fourth-order valence-electron chi connectivity index (χ4n) is 0.0745. The summed E-state index contributed by atoms with van der Waals surface area (Å²) in [6, 6.07) is 0. The maximum atomic E-state index is 11.5. The van der Waals surface area contributed by atoms with E-state index in [9.17, 15) is 4.39 Å². The molecule has 0 aliphatic carbocycles. The van der Waals surface area contributed by atoms with Crippen LogP contribution in [0.25, 0.3) is 0 Å². The molecule has 0 aromatic carbocycles. The Morgan fingerprint density at radius 2 is 2.33 bits per heavy atom. The number of alkyl halides is 1. The lowest BCUT2D eigenvalue weighted by Gasteiger charge is -1.93. The standard InChI is InChI=1S/C3H8FNO/c4-3(1-5)2-6/h3,6H,1-2,5H2/t3-/m0/s1. The summed E-state index contributed by atoms with van der Waals surface area (Å²) < 4.78 is 11.5. The first-order valence-electron chi connectivity index (χ1n) is 1.76. The second-order valence-electron chi connectivity index (χ2n) is 1.02. The van der Waals surface area contributed by atoms with Crippen molar-refractivity contribution < 1.29 is 9.50 Å². The van der Waals surface area contributed by atoms with Crippen molar-refractivity contribution in [2.75, 3.05) is 13.2 Å². The van der Waals surface area contributed by atoms with E-state index in [0.717, 1.165) is 0 Å². The molecule has 0 fully saturated rings. The number of hydrogen-bond acceptors (Lipinski definition) is 2. The summed E-state index contributed by atoms with van der Waals surface area (Å²) in [7, 11) is 0. The number of aliphatic hydroxyl groups excluding tert-OH is 1. The van der Waals surface area contributed by atoms with Crippen molar-refractivity contribution in [1.29, 1.82) is 0 Å². The van der Waals surface area contributed by atoms with Gasteiger partial charge in [-0.05, 0) is 0 Å². The molecule has 0 spiro atoms. The molecule has 0 aliphatic rings. The molecule has 3 heteroatoms. The molecule has 0 saturated carbocycles. The zero-order valence-corrected chi connectivity index (χ0v) is 3.39. The van der Waals surface area contributed by atoms with Crippen molar-refractivity contribution in [2.45, 2.75) is 6.17 Å². The first-order valence-corrected chi connectivity index (χ1v) is 1.76. The Kier molecular flexibility index (Phi) is 2.98. The smallest absolute Gasteiger partial charge is 0.135 e. The number of hydrogen-bond donors (Lipinski definition) is 2. The normalized spacial score (nSPS) is 14.5. The Balaban J connectivity index is 2.75. The van der Waals surface area contributed by atoms with Gasteiger partial charge in [-0.3, -0.25) is 0 Å². The van der Waals surface area contributed by atoms with E-state index in [1.165, 1.54) is 0 Å². The van der Waals surface area contributed by atoms with Crippen molar-refractivity contribution in [3.63, 3.8) is 0 Å². The highest BCUT2D eigenvalue weighted by Gasteiger charge is 1.95. The van der Waals surface area contributed by atoms with Crippen LogP contribution in [0.1, 0.15) is 0 Å². The van der Waals surface area contributed by atoms with Crippen LogP contribution >= 0.6 is 0 Å². The molecule has 0 saturated heterocycles. The van der Waals surface area contributed by atoms with Crippen LogP contribution in [0.3, 0.4) is 0 Å². The van der Waals surface area contributed by atoms with Crippen LogP contribution in [-0.4, -0.2) is 24.4 Å². The minimum absolute atomic E-state index is 0.0868. The molecule has 1 atom stereocenters. The Bertz CT molecular complexity index is 30.0. The lowest BCUT2D eigenvalue weighted by atomic mass is 10.4. The van der Waals surface area contributed by atoms with Crippen LogP contribution in [0.5, 0.6) is 0 Å². The molecule has 0 rings (SSSR count). The summed E-state index contributed by atoms with van der Waals surface area (Å²) in [6.45, 7) is -0.549. The number of halogens is 1. The minimum Gasteiger partial charge on any atom is -0.393 e. The summed E-state index contributed by atoms with van der Waals surface area (Å²) in [5.41, 5.74) is 4.75. The van der Waals surface area contributed by atoms with Gasteiger partial charge in [0.05, 0.1) is 6.61 Å². The van der Waals surface area contributed by atoms with Crippen molar-refractivity contribution in [2.24, 2.45) is 5.73 Å². The van der Waals surface area contributed by atoms with E-state index in [2.05, 4.69) is 0 Å². The molecule has 0 aromatic rings. The third-order valence-corrected chi connectivity index (χ3v) is 0.454. The van der Waals surface area contributed by atoms with Crippen molar-refractivity contribution in [3.8, 4) is 0 Å². The Labute approximate surface area is 35.8 Å². The van der Waals surface area contributed by atoms with Gasteiger partial charge < -0.3 is 10.8 Å². The molecule has 0 bridgehead atoms. The predicted octanol–water partition coefficient (Wildman–Crippen LogP) is -0.725. The van der Waals surface area contributed by atoms with Crippen LogP contribution in [0.2, 0.25) is 0 Å². The van der Waals surface area contributed by atoms with Gasteiger partial charge in [-0.1, -0.05) is 0 Å². The molecule has 0 unspecified atom stereocenters. The van der Waals surface area contributed by atoms with E-state index < -0.39 is 12.8 Å². The van der Waals surface area contributed by atoms with E-state index >= 15 is 0 Å². The fraction of sp³-hybridized carbons (Fsp3) is 1.00. The van der Waals surface area contributed by atoms with Crippen LogP contribution in [0, 0.1) is 0 Å². The monoisotopic (exact) mass is 93.1 g/mol. The largest absolute Gasteiger partial charge is 0.393 e. The molecule has 2 nitrogen and oxygen atoms in total. The first kappa shape index (κ1) is 5.85. The number of rotatable bonds is 2. The summed E-state index contributed by atoms with van der Waals surface area (Å²) in [4.78, 5) is 0. The van der Waals surface area contributed by atoms with Gasteiger partial charge in [0.2, 0.25) is 0 Å². The van der Waals surface area contributed by atoms with E-state index in [-0.39, 0.29) is 6.54 Å². The highest BCUT2D eigenvalue weighted by Crippen LogP contribution is 1.79. The van der Waals surface area contributed by atoms with Crippen molar-refractivity contribution in [1.82, 2.24) is 0 Å². The van der Waals surface area contributed by atoms with Gasteiger partial charge in [0.25, 0.3) is 0 Å². The number of aliphatic hydroxyl groups is 1. The summed E-state index contributed by atoms with van der Waals surface area (Å²) in [6.07, 6.45) is -1.23. The van der Waals surface area contributed by atoms with E-state index in [4.69, 9.17) is 10.8 Å². The topological polar surface area (TPSA) is 46.2 Å². The third-order valence-electron chi connectivity index (χ3n) is 0.454. The number of nitrogens with two attached hydrogens (primary N) is 1. The highest BCUT2D eigenvalue weighted by molar-refractivity contribution is 4.49. The predicted molar refractivity (Wildman–Crippen MR) is 21.0 cm³/mol. The van der Waals surface area contributed by atoms with Gasteiger partial charge in [-0.25, -0.2) is 4.39 Å². The van der Waals surface area contributed by atoms with Gasteiger partial charge in [0.15, 0.2) is 0 Å². The Morgan fingerprint density at radius 1 is 1.83 bits per heavy atom. The maximum absolute atomic E-state index is 11.5. The second kappa shape index (κ2) is 3.06. The first-order chi connectivity index (χ1) is 2.81. The molecule has 3 N–H and O–H groups in total. The highest BCUT2D eigenvalue weighted by atomic mass is 19.1. The summed E-state index contributed by atoms with van der Waals surface area (Å²) >= 11 is 0. The summed E-state index contributed by atoms with van der Waals surface area (Å²) in [5.74, 6) is 0. The Hall–Kier alpha value is -0.150. The van der Waals surface area contributed by atoms with Crippen molar-refractivity contribution in [3.05, 3.63) is 0 Å². The lowest BCUT2D eigenvalue weighted by Crippen LogP contribution is -2.18. The maximum Gasteiger partial charge on any atom is 0.135 e. The van der Waals surface area contributed by atoms with Gasteiger partial charge in [0.1, 0.15) is 6.17 Å². The van der Waals surface area contributed by atoms with E-state index in [0.29, 0.717) is 0 Å². The lowest BCUT2D eigenvalue weighted by molar-refractivity contribution is 0.183. The molecule has 0 amide bonds. The fourth-order valence-corrected chi connectivity index (χ4v) is 0.0745. The molecule has 0 heterocycles. The molecule has 6 heavy (non-hydrogen) atoms. The molecule has 0 aromatic heterocycles. The zero-order valence-electron chi connectivity index (χ0n) is 3.39. The Morgan fingerprint density at radius 3 is 2.33 bits per heavy atom. The van der Waals surface area contributed by atoms with Gasteiger partial charge in [-0.2, -0.15) is 0 Å². The molecule has 0 aliphatic heterocycles. The average Bonchev–Trinajstić information content (AvgIpc) is 1.65. The third kappa shape index (κ3) is 2.11. The van der Waals surface area contributed by atoms with Crippen LogP contribution < -0.4 is 5.73 Å². The molecular weight excluding hydrogens is 85.0 g/mol. The summed E-state index contributed by atoms with van der Waals surface area (Å²) in [5, 5.41) is 7.88. The SMILES string of the molecule is NC[C@H](F)CO. The van der Waals surface area contributed by atoms with E-state index in [1.807, 2.05) is 0 Å². The van der Waals surface area contributed by atoms with Gasteiger partial charge >= 0.3 is 0 Å². The quantitative estimate of drug-likeness (QED) is 0.473. The van der Waals surface area contributed by atoms with Crippen LogP contribution in [0.4, 0.5) is 4.39 Å². The molecular formula is C3H8FNO.